The van der Waals surface area contributed by atoms with E-state index in [9.17, 15) is 13.2 Å². The van der Waals surface area contributed by atoms with Crippen LogP contribution in [0.5, 0.6) is 0 Å². The number of piperidine rings is 1. The highest BCUT2D eigenvalue weighted by atomic mass is 32.2. The molecule has 176 valence electrons. The second kappa shape index (κ2) is 9.21. The van der Waals surface area contributed by atoms with Gasteiger partial charge in [0.15, 0.2) is 0 Å². The Hall–Kier alpha value is -3.21. The lowest BCUT2D eigenvalue weighted by molar-refractivity contribution is 0.102. The number of aromatic nitrogens is 2. The number of carbonyl (C=O) groups is 1. The summed E-state index contributed by atoms with van der Waals surface area (Å²) in [7, 11) is -3.22. The number of carbonyl (C=O) groups excluding carboxylic acids is 1. The summed E-state index contributed by atoms with van der Waals surface area (Å²) in [6.45, 7) is 1.39. The topological polar surface area (TPSA) is 107 Å². The Morgan fingerprint density at radius 3 is 2.74 bits per heavy atom. The summed E-state index contributed by atoms with van der Waals surface area (Å²) in [5.74, 6) is -0.258. The van der Waals surface area contributed by atoms with Gasteiger partial charge in [-0.3, -0.25) is 4.79 Å². The Kier molecular flexibility index (Phi) is 6.11. The van der Waals surface area contributed by atoms with Crippen molar-refractivity contribution in [2.75, 3.05) is 29.6 Å². The molecule has 0 saturated carbocycles. The molecule has 10 heteroatoms. The van der Waals surface area contributed by atoms with E-state index in [4.69, 9.17) is 0 Å². The summed E-state index contributed by atoms with van der Waals surface area (Å²) < 4.78 is 25.7. The molecular formula is C24H25N5O3S2. The van der Waals surface area contributed by atoms with Crippen LogP contribution in [0.4, 0.5) is 11.4 Å². The molecule has 1 aliphatic heterocycles. The highest BCUT2D eigenvalue weighted by molar-refractivity contribution is 7.88. The van der Waals surface area contributed by atoms with Gasteiger partial charge in [0.05, 0.1) is 17.6 Å². The van der Waals surface area contributed by atoms with Gasteiger partial charge in [-0.2, -0.15) is 0 Å². The van der Waals surface area contributed by atoms with Gasteiger partial charge in [0, 0.05) is 47.2 Å². The van der Waals surface area contributed by atoms with Crippen LogP contribution in [0.15, 0.2) is 60.1 Å². The van der Waals surface area contributed by atoms with E-state index in [-0.39, 0.29) is 11.9 Å². The molecule has 2 aromatic carbocycles. The normalized spacial score (nSPS) is 15.0. The van der Waals surface area contributed by atoms with Crippen molar-refractivity contribution in [3.63, 3.8) is 0 Å². The molecule has 8 nitrogen and oxygen atoms in total. The minimum atomic E-state index is -3.22. The second-order valence-electron chi connectivity index (χ2n) is 8.44. The molecule has 1 aliphatic rings. The number of para-hydroxylation sites is 2. The SMILES string of the molecule is CS(=O)(=O)NC1CCN(c2ccccc2NC(=O)c2csc(-c3ccc4[nH]ccc4c3)n2)CC1. The number of rotatable bonds is 6. The van der Waals surface area contributed by atoms with Crippen molar-refractivity contribution in [1.82, 2.24) is 14.7 Å². The first-order chi connectivity index (χ1) is 16.4. The molecule has 0 unspecified atom stereocenters. The maximum Gasteiger partial charge on any atom is 0.275 e. The number of hydrogen-bond donors (Lipinski definition) is 3. The minimum Gasteiger partial charge on any atom is -0.370 e. The number of thiazole rings is 1. The van der Waals surface area contributed by atoms with Crippen LogP contribution in [0.25, 0.3) is 21.5 Å². The summed E-state index contributed by atoms with van der Waals surface area (Å²) in [5.41, 5.74) is 4.04. The van der Waals surface area contributed by atoms with Crippen molar-refractivity contribution in [3.8, 4) is 10.6 Å². The number of fused-ring (bicyclic) bond motifs is 1. The maximum atomic E-state index is 13.0. The third-order valence-corrected chi connectivity index (χ3v) is 7.56. The van der Waals surface area contributed by atoms with Gasteiger partial charge >= 0.3 is 0 Å². The number of aromatic amines is 1. The number of hydrogen-bond acceptors (Lipinski definition) is 6. The van der Waals surface area contributed by atoms with Crippen LogP contribution < -0.4 is 14.9 Å². The summed E-state index contributed by atoms with van der Waals surface area (Å²) in [4.78, 5) is 22.9. The zero-order valence-corrected chi connectivity index (χ0v) is 20.2. The Morgan fingerprint density at radius 2 is 1.94 bits per heavy atom. The monoisotopic (exact) mass is 495 g/mol. The molecule has 2 aromatic heterocycles. The first-order valence-corrected chi connectivity index (χ1v) is 13.8. The van der Waals surface area contributed by atoms with Gasteiger partial charge in [-0.15, -0.1) is 11.3 Å². The highest BCUT2D eigenvalue weighted by Gasteiger charge is 2.24. The van der Waals surface area contributed by atoms with E-state index < -0.39 is 10.0 Å². The molecule has 0 spiro atoms. The van der Waals surface area contributed by atoms with Crippen molar-refractivity contribution < 1.29 is 13.2 Å². The Morgan fingerprint density at radius 1 is 1.15 bits per heavy atom. The van der Waals surface area contributed by atoms with Crippen LogP contribution in [-0.4, -0.2) is 49.7 Å². The quantitative estimate of drug-likeness (QED) is 0.374. The molecule has 0 bridgehead atoms. The highest BCUT2D eigenvalue weighted by Crippen LogP contribution is 2.30. The van der Waals surface area contributed by atoms with Gasteiger partial charge < -0.3 is 15.2 Å². The summed E-state index contributed by atoms with van der Waals surface area (Å²) >= 11 is 1.44. The van der Waals surface area contributed by atoms with Gasteiger partial charge in [-0.05, 0) is 49.2 Å². The molecule has 3 N–H and O–H groups in total. The Bertz CT molecular complexity index is 1440. The molecule has 1 saturated heterocycles. The third-order valence-electron chi connectivity index (χ3n) is 5.91. The minimum absolute atomic E-state index is 0.0630. The lowest BCUT2D eigenvalue weighted by Gasteiger charge is -2.34. The molecule has 1 fully saturated rings. The molecule has 34 heavy (non-hydrogen) atoms. The van der Waals surface area contributed by atoms with Gasteiger partial charge in [0.1, 0.15) is 10.7 Å². The number of benzene rings is 2. The summed E-state index contributed by atoms with van der Waals surface area (Å²) in [6, 6.07) is 15.7. The number of anilines is 2. The summed E-state index contributed by atoms with van der Waals surface area (Å²) in [6.07, 6.45) is 4.50. The van der Waals surface area contributed by atoms with Crippen LogP contribution >= 0.6 is 11.3 Å². The molecule has 1 amide bonds. The van der Waals surface area contributed by atoms with Crippen LogP contribution in [0.3, 0.4) is 0 Å². The predicted molar refractivity (Wildman–Crippen MR) is 137 cm³/mol. The van der Waals surface area contributed by atoms with Gasteiger partial charge in [0.25, 0.3) is 5.91 Å². The molecule has 0 radical (unpaired) electrons. The average molecular weight is 496 g/mol. The first-order valence-electron chi connectivity index (χ1n) is 11.0. The summed E-state index contributed by atoms with van der Waals surface area (Å²) in [5, 5.41) is 6.68. The Balaban J connectivity index is 1.29. The van der Waals surface area contributed by atoms with Crippen LogP contribution in [0.1, 0.15) is 23.3 Å². The van der Waals surface area contributed by atoms with Crippen molar-refractivity contribution in [2.45, 2.75) is 18.9 Å². The number of sulfonamides is 1. The fourth-order valence-electron chi connectivity index (χ4n) is 4.28. The van der Waals surface area contributed by atoms with E-state index in [1.165, 1.54) is 17.6 Å². The lowest BCUT2D eigenvalue weighted by Crippen LogP contribution is -2.44. The molecule has 5 rings (SSSR count). The maximum absolute atomic E-state index is 13.0. The second-order valence-corrected chi connectivity index (χ2v) is 11.1. The standard InChI is InChI=1S/C24H25N5O3S2/c1-34(31,32)28-18-9-12-29(13-10-18)22-5-3-2-4-20(22)26-23(30)21-15-33-24(27-21)17-6-7-19-16(14-17)8-11-25-19/h2-8,11,14-15,18,25,28H,9-10,12-13H2,1H3,(H,26,30). The lowest BCUT2D eigenvalue weighted by atomic mass is 10.0. The van der Waals surface area contributed by atoms with Gasteiger partial charge in [-0.25, -0.2) is 18.1 Å². The van der Waals surface area contributed by atoms with E-state index in [0.29, 0.717) is 37.3 Å². The largest absolute Gasteiger partial charge is 0.370 e. The van der Waals surface area contributed by atoms with E-state index in [0.717, 1.165) is 27.2 Å². The van der Waals surface area contributed by atoms with Crippen molar-refractivity contribution in [1.29, 1.82) is 0 Å². The molecule has 4 aromatic rings. The third kappa shape index (κ3) is 4.98. The molecule has 0 aliphatic carbocycles. The number of amides is 1. The zero-order valence-electron chi connectivity index (χ0n) is 18.6. The van der Waals surface area contributed by atoms with Crippen LogP contribution in [0.2, 0.25) is 0 Å². The van der Waals surface area contributed by atoms with E-state index in [1.807, 2.05) is 48.7 Å². The van der Waals surface area contributed by atoms with Crippen LogP contribution in [0, 0.1) is 0 Å². The number of nitrogens with one attached hydrogen (secondary N) is 3. The first kappa shape index (κ1) is 22.6. The smallest absolute Gasteiger partial charge is 0.275 e. The zero-order chi connectivity index (χ0) is 23.7. The fraction of sp³-hybridized carbons (Fsp3) is 0.250. The van der Waals surface area contributed by atoms with Crippen LogP contribution in [-0.2, 0) is 10.0 Å². The molecular weight excluding hydrogens is 470 g/mol. The number of nitrogens with zero attached hydrogens (tertiary/aromatic N) is 2. The Labute approximate surface area is 202 Å². The number of H-pyrrole nitrogens is 1. The molecule has 0 atom stereocenters. The van der Waals surface area contributed by atoms with Crippen molar-refractivity contribution in [2.24, 2.45) is 0 Å². The van der Waals surface area contributed by atoms with E-state index in [2.05, 4.69) is 31.0 Å². The van der Waals surface area contributed by atoms with E-state index in [1.54, 1.807) is 5.38 Å². The van der Waals surface area contributed by atoms with E-state index >= 15 is 0 Å². The average Bonchev–Trinajstić information content (AvgIpc) is 3.48. The van der Waals surface area contributed by atoms with Crippen molar-refractivity contribution >= 4 is 49.5 Å². The van der Waals surface area contributed by atoms with Crippen molar-refractivity contribution in [3.05, 3.63) is 65.8 Å². The molecule has 3 heterocycles. The fourth-order valence-corrected chi connectivity index (χ4v) is 5.92. The van der Waals surface area contributed by atoms with Gasteiger partial charge in [0.2, 0.25) is 10.0 Å². The van der Waals surface area contributed by atoms with Gasteiger partial charge in [-0.1, -0.05) is 12.1 Å². The predicted octanol–water partition coefficient (Wildman–Crippen LogP) is 4.06.